The van der Waals surface area contributed by atoms with Crippen LogP contribution >= 0.6 is 22.7 Å². The minimum Gasteiger partial charge on any atom is -0.338 e. The van der Waals surface area contributed by atoms with Crippen LogP contribution in [0.25, 0.3) is 10.2 Å². The van der Waals surface area contributed by atoms with Crippen molar-refractivity contribution in [2.75, 3.05) is 13.6 Å². The van der Waals surface area contributed by atoms with Crippen LogP contribution in [0.3, 0.4) is 0 Å². The molecule has 1 atom stereocenters. The summed E-state index contributed by atoms with van der Waals surface area (Å²) in [5, 5.41) is 2.58. The lowest BCUT2D eigenvalue weighted by Gasteiger charge is -2.26. The van der Waals surface area contributed by atoms with Gasteiger partial charge in [-0.1, -0.05) is 18.2 Å². The predicted octanol–water partition coefficient (Wildman–Crippen LogP) is 3.17. The number of likely N-dealkylation sites (N-methyl/N-ethyl adjacent to an activating group) is 1. The zero-order chi connectivity index (χ0) is 19.0. The van der Waals surface area contributed by atoms with Crippen LogP contribution in [0.1, 0.15) is 17.8 Å². The zero-order valence-corrected chi connectivity index (χ0v) is 17.2. The minimum absolute atomic E-state index is 0.174. The second-order valence-electron chi connectivity index (χ2n) is 6.48. The van der Waals surface area contributed by atoms with Crippen molar-refractivity contribution in [1.82, 2.24) is 14.2 Å². The standard InChI is InChI=1S/C18H19N3O3S3/c1-20(12-16-19-13-6-2-3-8-15(13)26-16)18(22)14-7-4-10-21(14)27(23,24)17-9-5-11-25-17/h2-3,5-6,8-9,11,14H,4,7,10,12H2,1H3. The van der Waals surface area contributed by atoms with E-state index < -0.39 is 16.1 Å². The predicted molar refractivity (Wildman–Crippen MR) is 107 cm³/mol. The molecule has 1 aliphatic heterocycles. The maximum absolute atomic E-state index is 13.0. The second-order valence-corrected chi connectivity index (χ2v) is 10.7. The van der Waals surface area contributed by atoms with E-state index in [1.54, 1.807) is 40.8 Å². The molecule has 1 aromatic carbocycles. The number of amides is 1. The third kappa shape index (κ3) is 3.52. The van der Waals surface area contributed by atoms with Crippen LogP contribution in [0.4, 0.5) is 0 Å². The van der Waals surface area contributed by atoms with Gasteiger partial charge >= 0.3 is 0 Å². The molecule has 0 bridgehead atoms. The summed E-state index contributed by atoms with van der Waals surface area (Å²) in [4.78, 5) is 19.1. The molecule has 9 heteroatoms. The number of fused-ring (bicyclic) bond motifs is 1. The quantitative estimate of drug-likeness (QED) is 0.634. The lowest BCUT2D eigenvalue weighted by Crippen LogP contribution is -2.46. The minimum atomic E-state index is -3.63. The molecule has 0 spiro atoms. The number of thiazole rings is 1. The summed E-state index contributed by atoms with van der Waals surface area (Å²) < 4.78 is 28.5. The highest BCUT2D eigenvalue weighted by Crippen LogP contribution is 2.30. The molecule has 3 heterocycles. The van der Waals surface area contributed by atoms with E-state index in [1.165, 1.54) is 15.6 Å². The molecule has 2 aromatic heterocycles. The molecule has 6 nitrogen and oxygen atoms in total. The molecule has 1 saturated heterocycles. The number of rotatable bonds is 5. The molecule has 0 aliphatic carbocycles. The van der Waals surface area contributed by atoms with Gasteiger partial charge in [0.25, 0.3) is 10.0 Å². The maximum atomic E-state index is 13.0. The Balaban J connectivity index is 1.52. The van der Waals surface area contributed by atoms with Crippen LogP contribution in [0.5, 0.6) is 0 Å². The van der Waals surface area contributed by atoms with E-state index in [0.717, 1.165) is 15.2 Å². The van der Waals surface area contributed by atoms with Crippen LogP contribution in [-0.4, -0.2) is 48.1 Å². The molecule has 3 aromatic rings. The van der Waals surface area contributed by atoms with Crippen molar-refractivity contribution in [3.8, 4) is 0 Å². The number of thiophene rings is 1. The largest absolute Gasteiger partial charge is 0.338 e. The van der Waals surface area contributed by atoms with Gasteiger partial charge in [-0.2, -0.15) is 4.31 Å². The van der Waals surface area contributed by atoms with Crippen LogP contribution < -0.4 is 0 Å². The highest BCUT2D eigenvalue weighted by atomic mass is 32.2. The van der Waals surface area contributed by atoms with Crippen molar-refractivity contribution in [2.24, 2.45) is 0 Å². The van der Waals surface area contributed by atoms with E-state index in [4.69, 9.17) is 0 Å². The monoisotopic (exact) mass is 421 g/mol. The highest BCUT2D eigenvalue weighted by Gasteiger charge is 2.41. The highest BCUT2D eigenvalue weighted by molar-refractivity contribution is 7.91. The van der Waals surface area contributed by atoms with E-state index in [9.17, 15) is 13.2 Å². The molecule has 1 fully saturated rings. The Morgan fingerprint density at radius 1 is 1.30 bits per heavy atom. The Morgan fingerprint density at radius 2 is 2.11 bits per heavy atom. The van der Waals surface area contributed by atoms with E-state index in [1.807, 2.05) is 24.3 Å². The number of para-hydroxylation sites is 1. The summed E-state index contributed by atoms with van der Waals surface area (Å²) in [7, 11) is -1.91. The van der Waals surface area contributed by atoms with Gasteiger partial charge in [-0.05, 0) is 36.4 Å². The fourth-order valence-electron chi connectivity index (χ4n) is 3.32. The number of sulfonamides is 1. The fourth-order valence-corrected chi connectivity index (χ4v) is 7.11. The first-order valence-electron chi connectivity index (χ1n) is 8.61. The van der Waals surface area contributed by atoms with Crippen molar-refractivity contribution >= 4 is 48.8 Å². The molecule has 1 amide bonds. The Bertz CT molecular complexity index is 1030. The first-order valence-corrected chi connectivity index (χ1v) is 11.8. The average molecular weight is 422 g/mol. The molecule has 1 aliphatic rings. The molecule has 0 saturated carbocycles. The number of aromatic nitrogens is 1. The normalized spacial score (nSPS) is 18.2. The van der Waals surface area contributed by atoms with Crippen LogP contribution in [0, 0.1) is 0 Å². The molecule has 0 N–H and O–H groups in total. The van der Waals surface area contributed by atoms with Gasteiger partial charge in [-0.3, -0.25) is 4.79 Å². The summed E-state index contributed by atoms with van der Waals surface area (Å²) in [6.07, 6.45) is 1.24. The first-order chi connectivity index (χ1) is 13.0. The fraction of sp³-hybridized carbons (Fsp3) is 0.333. The van der Waals surface area contributed by atoms with E-state index in [0.29, 0.717) is 25.9 Å². The van der Waals surface area contributed by atoms with Crippen molar-refractivity contribution in [3.63, 3.8) is 0 Å². The molecule has 1 unspecified atom stereocenters. The second kappa shape index (κ2) is 7.31. The molecule has 27 heavy (non-hydrogen) atoms. The van der Waals surface area contributed by atoms with Crippen molar-refractivity contribution in [3.05, 3.63) is 46.8 Å². The van der Waals surface area contributed by atoms with Gasteiger partial charge in [0.05, 0.1) is 16.8 Å². The number of nitrogens with zero attached hydrogens (tertiary/aromatic N) is 3. The molecular weight excluding hydrogens is 402 g/mol. The lowest BCUT2D eigenvalue weighted by molar-refractivity contribution is -0.133. The molecule has 0 radical (unpaired) electrons. The van der Waals surface area contributed by atoms with Gasteiger partial charge < -0.3 is 4.90 Å². The summed E-state index contributed by atoms with van der Waals surface area (Å²) in [5.41, 5.74) is 0.918. The number of hydrogen-bond donors (Lipinski definition) is 0. The smallest absolute Gasteiger partial charge is 0.253 e. The Morgan fingerprint density at radius 3 is 2.85 bits per heavy atom. The van der Waals surface area contributed by atoms with Gasteiger partial charge in [0.15, 0.2) is 0 Å². The van der Waals surface area contributed by atoms with Crippen molar-refractivity contribution < 1.29 is 13.2 Å². The SMILES string of the molecule is CN(Cc1nc2ccccc2s1)C(=O)C1CCCN1S(=O)(=O)c1cccs1. The van der Waals surface area contributed by atoms with Gasteiger partial charge in [0.2, 0.25) is 5.91 Å². The van der Waals surface area contributed by atoms with E-state index in [2.05, 4.69) is 4.98 Å². The van der Waals surface area contributed by atoms with Gasteiger partial charge in [-0.15, -0.1) is 22.7 Å². The molecule has 142 valence electrons. The summed E-state index contributed by atoms with van der Waals surface area (Å²) >= 11 is 2.74. The number of benzene rings is 1. The third-order valence-corrected chi connectivity index (χ3v) is 8.94. The Kier molecular flexibility index (Phi) is 5.02. The number of hydrogen-bond acceptors (Lipinski definition) is 6. The maximum Gasteiger partial charge on any atom is 0.253 e. The van der Waals surface area contributed by atoms with E-state index >= 15 is 0 Å². The van der Waals surface area contributed by atoms with E-state index in [-0.39, 0.29) is 10.1 Å². The van der Waals surface area contributed by atoms with Crippen LogP contribution in [-0.2, 0) is 21.4 Å². The zero-order valence-electron chi connectivity index (χ0n) is 14.7. The van der Waals surface area contributed by atoms with Crippen LogP contribution in [0.15, 0.2) is 46.0 Å². The van der Waals surface area contributed by atoms with Crippen molar-refractivity contribution in [1.29, 1.82) is 0 Å². The Labute approximate surface area is 166 Å². The summed E-state index contributed by atoms with van der Waals surface area (Å²) in [6, 6.07) is 10.5. The van der Waals surface area contributed by atoms with Gasteiger partial charge in [0, 0.05) is 13.6 Å². The Hall–Kier alpha value is -1.81. The molecule has 4 rings (SSSR count). The summed E-state index contributed by atoms with van der Waals surface area (Å²) in [5.74, 6) is -0.174. The topological polar surface area (TPSA) is 70.6 Å². The average Bonchev–Trinajstić information content (AvgIpc) is 3.39. The molecular formula is C18H19N3O3S3. The number of carbonyl (C=O) groups excluding carboxylic acids is 1. The third-order valence-electron chi connectivity index (χ3n) is 4.63. The van der Waals surface area contributed by atoms with Crippen LogP contribution in [0.2, 0.25) is 0 Å². The summed E-state index contributed by atoms with van der Waals surface area (Å²) in [6.45, 7) is 0.757. The van der Waals surface area contributed by atoms with Gasteiger partial charge in [0.1, 0.15) is 15.3 Å². The number of carbonyl (C=O) groups is 1. The lowest BCUT2D eigenvalue weighted by atomic mass is 10.2. The first kappa shape index (κ1) is 18.5. The van der Waals surface area contributed by atoms with Gasteiger partial charge in [-0.25, -0.2) is 13.4 Å². The van der Waals surface area contributed by atoms with Crippen molar-refractivity contribution in [2.45, 2.75) is 29.6 Å².